The van der Waals surface area contributed by atoms with Crippen LogP contribution in [0.25, 0.3) is 0 Å². The molecule has 0 saturated carbocycles. The van der Waals surface area contributed by atoms with Crippen molar-refractivity contribution in [3.63, 3.8) is 0 Å². The summed E-state index contributed by atoms with van der Waals surface area (Å²) in [6.45, 7) is 1.65. The third-order valence-corrected chi connectivity index (χ3v) is 4.22. The minimum absolute atomic E-state index is 0.0693. The Hall–Kier alpha value is -2.78. The zero-order valence-corrected chi connectivity index (χ0v) is 13.2. The fourth-order valence-electron chi connectivity index (χ4n) is 2.21. The quantitative estimate of drug-likeness (QED) is 0.849. The molecule has 1 aliphatic heterocycles. The van der Waals surface area contributed by atoms with Crippen molar-refractivity contribution in [1.29, 1.82) is 0 Å². The number of rotatable bonds is 3. The molecule has 23 heavy (non-hydrogen) atoms. The lowest BCUT2D eigenvalue weighted by Gasteiger charge is -2.13. The zero-order chi connectivity index (χ0) is 16.1. The molecule has 0 radical (unpaired) electrons. The Morgan fingerprint density at radius 1 is 1.30 bits per heavy atom. The van der Waals surface area contributed by atoms with Crippen molar-refractivity contribution in [2.45, 2.75) is 0 Å². The van der Waals surface area contributed by atoms with E-state index in [0.29, 0.717) is 24.5 Å². The summed E-state index contributed by atoms with van der Waals surface area (Å²) in [7, 11) is 0. The van der Waals surface area contributed by atoms with Gasteiger partial charge in [0.2, 0.25) is 0 Å². The number of hydrogen-bond acceptors (Lipinski definition) is 3. The van der Waals surface area contributed by atoms with Gasteiger partial charge in [-0.15, -0.1) is 11.3 Å². The topological polar surface area (TPSA) is 61.4 Å². The minimum Gasteiger partial charge on any atom is -0.340 e. The fraction of sp³-hybridized carbons (Fsp3) is 0.176. The van der Waals surface area contributed by atoms with Gasteiger partial charge in [-0.1, -0.05) is 17.9 Å². The third-order valence-electron chi connectivity index (χ3n) is 3.35. The second kappa shape index (κ2) is 6.99. The fourth-order valence-corrected chi connectivity index (χ4v) is 2.85. The molecule has 3 rings (SSSR count). The lowest BCUT2D eigenvalue weighted by atomic mass is 10.2. The summed E-state index contributed by atoms with van der Waals surface area (Å²) in [6.07, 6.45) is 0. The van der Waals surface area contributed by atoms with E-state index in [9.17, 15) is 9.59 Å². The number of carbonyl (C=O) groups excluding carboxylic acids is 2. The predicted molar refractivity (Wildman–Crippen MR) is 90.7 cm³/mol. The number of urea groups is 1. The molecule has 1 aromatic carbocycles. The SMILES string of the molecule is O=C(NCC#Cc1ccc(N2CCNC2=O)cc1)c1cccs1. The molecule has 1 saturated heterocycles. The number of anilines is 1. The van der Waals surface area contributed by atoms with Gasteiger partial charge in [-0.3, -0.25) is 9.69 Å². The molecule has 0 atom stereocenters. The molecule has 1 fully saturated rings. The van der Waals surface area contributed by atoms with Gasteiger partial charge in [-0.2, -0.15) is 0 Å². The minimum atomic E-state index is -0.107. The van der Waals surface area contributed by atoms with E-state index in [0.717, 1.165) is 11.3 Å². The molecular weight excluding hydrogens is 310 g/mol. The predicted octanol–water partition coefficient (Wildman–Crippen LogP) is 2.06. The van der Waals surface area contributed by atoms with Gasteiger partial charge in [0, 0.05) is 24.3 Å². The Bertz CT molecular complexity index is 757. The van der Waals surface area contributed by atoms with Gasteiger partial charge in [-0.05, 0) is 35.7 Å². The summed E-state index contributed by atoms with van der Waals surface area (Å²) in [4.78, 5) is 25.7. The van der Waals surface area contributed by atoms with Gasteiger partial charge in [0.05, 0.1) is 11.4 Å². The average molecular weight is 325 g/mol. The number of hydrogen-bond donors (Lipinski definition) is 2. The van der Waals surface area contributed by atoms with Gasteiger partial charge in [-0.25, -0.2) is 4.79 Å². The van der Waals surface area contributed by atoms with Crippen molar-refractivity contribution >= 4 is 29.0 Å². The summed E-state index contributed by atoms with van der Waals surface area (Å²) in [6, 6.07) is 11.0. The molecule has 1 aliphatic rings. The van der Waals surface area contributed by atoms with E-state index in [1.165, 1.54) is 11.3 Å². The van der Waals surface area contributed by atoms with Crippen LogP contribution in [0.1, 0.15) is 15.2 Å². The van der Waals surface area contributed by atoms with E-state index >= 15 is 0 Å². The van der Waals surface area contributed by atoms with Crippen molar-refractivity contribution in [2.75, 3.05) is 24.5 Å². The van der Waals surface area contributed by atoms with Crippen LogP contribution in [0.4, 0.5) is 10.5 Å². The lowest BCUT2D eigenvalue weighted by Crippen LogP contribution is -2.27. The maximum absolute atomic E-state index is 11.7. The molecule has 2 aromatic rings. The molecular formula is C17H15N3O2S. The van der Waals surface area contributed by atoms with Crippen LogP contribution >= 0.6 is 11.3 Å². The van der Waals surface area contributed by atoms with Crippen molar-refractivity contribution in [2.24, 2.45) is 0 Å². The molecule has 6 heteroatoms. The molecule has 2 heterocycles. The molecule has 1 aromatic heterocycles. The van der Waals surface area contributed by atoms with Crippen LogP contribution in [-0.2, 0) is 0 Å². The van der Waals surface area contributed by atoms with Crippen LogP contribution in [0.2, 0.25) is 0 Å². The summed E-state index contributed by atoms with van der Waals surface area (Å²) >= 11 is 1.40. The van der Waals surface area contributed by atoms with E-state index in [1.807, 2.05) is 35.7 Å². The lowest BCUT2D eigenvalue weighted by molar-refractivity contribution is 0.0962. The van der Waals surface area contributed by atoms with E-state index in [4.69, 9.17) is 0 Å². The molecule has 3 amide bonds. The largest absolute Gasteiger partial charge is 0.340 e. The van der Waals surface area contributed by atoms with Crippen LogP contribution in [0.5, 0.6) is 0 Å². The molecule has 5 nitrogen and oxygen atoms in total. The van der Waals surface area contributed by atoms with E-state index in [-0.39, 0.29) is 11.9 Å². The molecule has 0 bridgehead atoms. The smallest absolute Gasteiger partial charge is 0.321 e. The van der Waals surface area contributed by atoms with E-state index in [1.54, 1.807) is 11.0 Å². The summed E-state index contributed by atoms with van der Waals surface area (Å²) in [5.41, 5.74) is 1.70. The van der Waals surface area contributed by atoms with Crippen LogP contribution < -0.4 is 15.5 Å². The molecule has 0 aliphatic carbocycles. The Balaban J connectivity index is 1.54. The van der Waals surface area contributed by atoms with Crippen molar-refractivity contribution in [3.05, 3.63) is 52.2 Å². The normalized spacial score (nSPS) is 13.2. The van der Waals surface area contributed by atoms with Gasteiger partial charge in [0.15, 0.2) is 0 Å². The highest BCUT2D eigenvalue weighted by molar-refractivity contribution is 7.12. The van der Waals surface area contributed by atoms with Crippen LogP contribution in [0.15, 0.2) is 41.8 Å². The highest BCUT2D eigenvalue weighted by Crippen LogP contribution is 2.16. The van der Waals surface area contributed by atoms with Crippen molar-refractivity contribution in [3.8, 4) is 11.8 Å². The first-order chi connectivity index (χ1) is 11.2. The number of amides is 3. The molecule has 0 spiro atoms. The average Bonchev–Trinajstić information content (AvgIpc) is 3.23. The van der Waals surface area contributed by atoms with Gasteiger partial charge < -0.3 is 10.6 Å². The number of nitrogens with zero attached hydrogens (tertiary/aromatic N) is 1. The second-order valence-electron chi connectivity index (χ2n) is 4.89. The zero-order valence-electron chi connectivity index (χ0n) is 12.3. The van der Waals surface area contributed by atoms with Crippen LogP contribution in [0.3, 0.4) is 0 Å². The van der Waals surface area contributed by atoms with E-state index in [2.05, 4.69) is 22.5 Å². The number of thiophene rings is 1. The Morgan fingerprint density at radius 3 is 2.78 bits per heavy atom. The highest BCUT2D eigenvalue weighted by Gasteiger charge is 2.20. The maximum Gasteiger partial charge on any atom is 0.321 e. The second-order valence-corrected chi connectivity index (χ2v) is 5.84. The van der Waals surface area contributed by atoms with E-state index < -0.39 is 0 Å². The monoisotopic (exact) mass is 325 g/mol. The number of carbonyl (C=O) groups is 2. The Kier molecular flexibility index (Phi) is 4.60. The number of nitrogens with one attached hydrogen (secondary N) is 2. The summed E-state index contributed by atoms with van der Waals surface area (Å²) in [5, 5.41) is 7.38. The first-order valence-electron chi connectivity index (χ1n) is 7.20. The first-order valence-corrected chi connectivity index (χ1v) is 8.08. The van der Waals surface area contributed by atoms with Crippen LogP contribution in [-0.4, -0.2) is 31.6 Å². The molecule has 2 N–H and O–H groups in total. The van der Waals surface area contributed by atoms with Crippen LogP contribution in [0, 0.1) is 11.8 Å². The maximum atomic E-state index is 11.7. The Morgan fingerprint density at radius 2 is 2.13 bits per heavy atom. The number of benzene rings is 1. The summed E-state index contributed by atoms with van der Waals surface area (Å²) in [5.74, 6) is 5.81. The molecule has 0 unspecified atom stereocenters. The highest BCUT2D eigenvalue weighted by atomic mass is 32.1. The summed E-state index contributed by atoms with van der Waals surface area (Å²) < 4.78 is 0. The van der Waals surface area contributed by atoms with Crippen molar-refractivity contribution < 1.29 is 9.59 Å². The third kappa shape index (κ3) is 3.71. The molecule has 116 valence electrons. The van der Waals surface area contributed by atoms with Crippen molar-refractivity contribution in [1.82, 2.24) is 10.6 Å². The van der Waals surface area contributed by atoms with Gasteiger partial charge >= 0.3 is 6.03 Å². The Labute approximate surface area is 138 Å². The van der Waals surface area contributed by atoms with Gasteiger partial charge in [0.25, 0.3) is 5.91 Å². The van der Waals surface area contributed by atoms with Gasteiger partial charge in [0.1, 0.15) is 0 Å². The standard InChI is InChI=1S/C17H15N3O2S/c21-16(15-4-2-12-23-15)18-9-1-3-13-5-7-14(8-6-13)20-11-10-19-17(20)22/h2,4-8,12H,9-11H2,(H,18,21)(H,19,22). The first kappa shape index (κ1) is 15.1.